The van der Waals surface area contributed by atoms with Gasteiger partial charge in [-0.1, -0.05) is 11.6 Å². The molecule has 1 heterocycles. The number of thiocarbonyl (C=S) groups is 1. The van der Waals surface area contributed by atoms with Crippen molar-refractivity contribution in [2.45, 2.75) is 4.90 Å². The van der Waals surface area contributed by atoms with Crippen LogP contribution in [0.15, 0.2) is 53.4 Å². The highest BCUT2D eigenvalue weighted by molar-refractivity contribution is 7.89. The first-order chi connectivity index (χ1) is 12.4. The lowest BCUT2D eigenvalue weighted by atomic mass is 10.3. The van der Waals surface area contributed by atoms with E-state index in [1.807, 2.05) is 4.90 Å². The Morgan fingerprint density at radius 2 is 1.58 bits per heavy atom. The minimum Gasteiger partial charge on any atom is -0.346 e. The van der Waals surface area contributed by atoms with Crippen molar-refractivity contribution in [3.8, 4) is 0 Å². The lowest BCUT2D eigenvalue weighted by Crippen LogP contribution is -2.51. The third-order valence-electron chi connectivity index (χ3n) is 4.07. The molecule has 5 nitrogen and oxygen atoms in total. The summed E-state index contributed by atoms with van der Waals surface area (Å²) < 4.78 is 39.7. The van der Waals surface area contributed by atoms with E-state index in [9.17, 15) is 12.8 Å². The normalized spacial score (nSPS) is 15.7. The smallest absolute Gasteiger partial charge is 0.243 e. The Labute approximate surface area is 162 Å². The van der Waals surface area contributed by atoms with Gasteiger partial charge in [-0.15, -0.1) is 0 Å². The molecular weight excluding hydrogens is 397 g/mol. The van der Waals surface area contributed by atoms with E-state index < -0.39 is 10.0 Å². The summed E-state index contributed by atoms with van der Waals surface area (Å²) in [6, 6.07) is 12.0. The summed E-state index contributed by atoms with van der Waals surface area (Å²) in [5.74, 6) is -0.317. The van der Waals surface area contributed by atoms with Gasteiger partial charge in [-0.25, -0.2) is 12.8 Å². The van der Waals surface area contributed by atoms with Crippen molar-refractivity contribution in [2.75, 3.05) is 31.5 Å². The van der Waals surface area contributed by atoms with Gasteiger partial charge in [0.2, 0.25) is 10.0 Å². The van der Waals surface area contributed by atoms with Crippen molar-refractivity contribution in [3.05, 3.63) is 59.4 Å². The maximum Gasteiger partial charge on any atom is 0.243 e. The lowest BCUT2D eigenvalue weighted by molar-refractivity contribution is 0.268. The molecule has 1 N–H and O–H groups in total. The standard InChI is InChI=1S/C17H17ClFN3O2S2/c18-13-1-7-16(8-2-13)26(23,24)22-11-9-21(10-12-22)17(25)20-15-5-3-14(19)4-6-15/h1-8H,9-12H2,(H,20,25). The van der Waals surface area contributed by atoms with Crippen LogP contribution in [-0.4, -0.2) is 48.9 Å². The van der Waals surface area contributed by atoms with E-state index in [1.165, 1.54) is 28.6 Å². The second-order valence-corrected chi connectivity index (χ2v) is 8.54. The predicted molar refractivity (Wildman–Crippen MR) is 104 cm³/mol. The molecule has 9 heteroatoms. The van der Waals surface area contributed by atoms with E-state index in [0.29, 0.717) is 42.0 Å². The van der Waals surface area contributed by atoms with Crippen LogP contribution in [0.4, 0.5) is 10.1 Å². The van der Waals surface area contributed by atoms with Gasteiger partial charge in [-0.05, 0) is 60.7 Å². The van der Waals surface area contributed by atoms with Crippen LogP contribution in [0.25, 0.3) is 0 Å². The van der Waals surface area contributed by atoms with Gasteiger partial charge in [-0.2, -0.15) is 4.31 Å². The highest BCUT2D eigenvalue weighted by Gasteiger charge is 2.29. The van der Waals surface area contributed by atoms with Gasteiger partial charge in [-0.3, -0.25) is 0 Å². The topological polar surface area (TPSA) is 52.7 Å². The van der Waals surface area contributed by atoms with E-state index in [2.05, 4.69) is 5.32 Å². The number of rotatable bonds is 3. The van der Waals surface area contributed by atoms with Gasteiger partial charge in [0.05, 0.1) is 4.90 Å². The summed E-state index contributed by atoms with van der Waals surface area (Å²) in [6.07, 6.45) is 0. The first kappa shape index (κ1) is 19.0. The molecule has 26 heavy (non-hydrogen) atoms. The molecule has 0 atom stereocenters. The zero-order valence-electron chi connectivity index (χ0n) is 13.7. The fourth-order valence-corrected chi connectivity index (χ4v) is 4.47. The van der Waals surface area contributed by atoms with Crippen molar-refractivity contribution in [1.82, 2.24) is 9.21 Å². The number of anilines is 1. The largest absolute Gasteiger partial charge is 0.346 e. The SMILES string of the molecule is O=S(=O)(c1ccc(Cl)cc1)N1CCN(C(=S)Nc2ccc(F)cc2)CC1. The molecule has 0 bridgehead atoms. The molecule has 3 rings (SSSR count). The molecule has 0 unspecified atom stereocenters. The van der Waals surface area contributed by atoms with Crippen molar-refractivity contribution in [3.63, 3.8) is 0 Å². The second-order valence-electron chi connectivity index (χ2n) is 5.78. The van der Waals surface area contributed by atoms with Crippen LogP contribution < -0.4 is 5.32 Å². The van der Waals surface area contributed by atoms with Crippen LogP contribution in [0.1, 0.15) is 0 Å². The molecule has 0 amide bonds. The van der Waals surface area contributed by atoms with Crippen LogP contribution in [0.5, 0.6) is 0 Å². The van der Waals surface area contributed by atoms with Crippen LogP contribution in [0.3, 0.4) is 0 Å². The van der Waals surface area contributed by atoms with Crippen LogP contribution in [-0.2, 0) is 10.0 Å². The molecule has 0 aromatic heterocycles. The summed E-state index contributed by atoms with van der Waals surface area (Å²) >= 11 is 11.2. The monoisotopic (exact) mass is 413 g/mol. The Kier molecular flexibility index (Phi) is 5.76. The lowest BCUT2D eigenvalue weighted by Gasteiger charge is -2.35. The zero-order valence-corrected chi connectivity index (χ0v) is 16.1. The van der Waals surface area contributed by atoms with E-state index in [0.717, 1.165) is 0 Å². The summed E-state index contributed by atoms with van der Waals surface area (Å²) in [5.41, 5.74) is 0.688. The molecule has 1 aliphatic heterocycles. The average molecular weight is 414 g/mol. The van der Waals surface area contributed by atoms with Gasteiger partial charge < -0.3 is 10.2 Å². The van der Waals surface area contributed by atoms with Crippen molar-refractivity contribution < 1.29 is 12.8 Å². The fourth-order valence-electron chi connectivity index (χ4n) is 2.62. The Morgan fingerprint density at radius 3 is 2.15 bits per heavy atom. The summed E-state index contributed by atoms with van der Waals surface area (Å²) in [7, 11) is -3.55. The number of piperazine rings is 1. The quantitative estimate of drug-likeness (QED) is 0.783. The number of hydrogen-bond acceptors (Lipinski definition) is 3. The van der Waals surface area contributed by atoms with Crippen molar-refractivity contribution in [1.29, 1.82) is 0 Å². The van der Waals surface area contributed by atoms with E-state index >= 15 is 0 Å². The van der Waals surface area contributed by atoms with Gasteiger partial charge in [0.15, 0.2) is 5.11 Å². The molecule has 0 aliphatic carbocycles. The Bertz CT molecular complexity index is 881. The Balaban J connectivity index is 1.60. The van der Waals surface area contributed by atoms with E-state index in [1.54, 1.807) is 24.3 Å². The van der Waals surface area contributed by atoms with E-state index in [-0.39, 0.29) is 10.7 Å². The zero-order chi connectivity index (χ0) is 18.7. The van der Waals surface area contributed by atoms with Crippen LogP contribution in [0, 0.1) is 5.82 Å². The molecule has 2 aromatic rings. The van der Waals surface area contributed by atoms with Crippen LogP contribution >= 0.6 is 23.8 Å². The molecule has 1 saturated heterocycles. The molecule has 0 saturated carbocycles. The number of benzene rings is 2. The van der Waals surface area contributed by atoms with Gasteiger partial charge in [0.1, 0.15) is 5.82 Å². The molecule has 1 aliphatic rings. The minimum atomic E-state index is -3.55. The number of nitrogens with one attached hydrogen (secondary N) is 1. The molecule has 2 aromatic carbocycles. The Morgan fingerprint density at radius 1 is 1.00 bits per heavy atom. The van der Waals surface area contributed by atoms with Gasteiger partial charge >= 0.3 is 0 Å². The minimum absolute atomic E-state index is 0.224. The maximum atomic E-state index is 13.0. The highest BCUT2D eigenvalue weighted by Crippen LogP contribution is 2.20. The molecule has 138 valence electrons. The van der Waals surface area contributed by atoms with Crippen molar-refractivity contribution >= 4 is 44.6 Å². The molecule has 1 fully saturated rings. The average Bonchev–Trinajstić information content (AvgIpc) is 2.64. The van der Waals surface area contributed by atoms with E-state index in [4.69, 9.17) is 23.8 Å². The Hall–Kier alpha value is -1.74. The van der Waals surface area contributed by atoms with Crippen LogP contribution in [0.2, 0.25) is 5.02 Å². The first-order valence-corrected chi connectivity index (χ1v) is 10.2. The number of sulfonamides is 1. The highest BCUT2D eigenvalue weighted by atomic mass is 35.5. The molecular formula is C17H17ClFN3O2S2. The molecule has 0 radical (unpaired) electrons. The number of nitrogens with zero attached hydrogens (tertiary/aromatic N) is 2. The third kappa shape index (κ3) is 4.32. The first-order valence-electron chi connectivity index (χ1n) is 7.93. The van der Waals surface area contributed by atoms with Crippen molar-refractivity contribution in [2.24, 2.45) is 0 Å². The number of halogens is 2. The fraction of sp³-hybridized carbons (Fsp3) is 0.235. The summed E-state index contributed by atoms with van der Waals surface area (Å²) in [5, 5.41) is 4.02. The second kappa shape index (κ2) is 7.87. The third-order valence-corrected chi connectivity index (χ3v) is 6.60. The molecule has 0 spiro atoms. The predicted octanol–water partition coefficient (Wildman–Crippen LogP) is 3.18. The summed E-state index contributed by atoms with van der Waals surface area (Å²) in [4.78, 5) is 2.12. The maximum absolute atomic E-state index is 13.0. The number of hydrogen-bond donors (Lipinski definition) is 1. The van der Waals surface area contributed by atoms with Gasteiger partial charge in [0, 0.05) is 36.9 Å². The summed E-state index contributed by atoms with van der Waals surface area (Å²) in [6.45, 7) is 1.60. The van der Waals surface area contributed by atoms with Gasteiger partial charge in [0.25, 0.3) is 0 Å².